The first-order valence-corrected chi connectivity index (χ1v) is 11.6. The summed E-state index contributed by atoms with van der Waals surface area (Å²) in [5.74, 6) is 1.18. The SMILES string of the molecule is COc1cc2c3c(c1)c(N=Nc1nc(-c4cccc(Cl)c4)cs1)c(O)n3C(C)(C)CC2C. The first kappa shape index (κ1) is 21.0. The van der Waals surface area contributed by atoms with Crippen molar-refractivity contribution in [3.05, 3.63) is 52.4 Å². The zero-order valence-corrected chi connectivity index (χ0v) is 19.8. The Kier molecular flexibility index (Phi) is 4.98. The second kappa shape index (κ2) is 7.60. The molecule has 4 aromatic rings. The number of hydrogen-bond donors (Lipinski definition) is 1. The lowest BCUT2D eigenvalue weighted by Crippen LogP contribution is -2.31. The van der Waals surface area contributed by atoms with Gasteiger partial charge >= 0.3 is 0 Å². The highest BCUT2D eigenvalue weighted by molar-refractivity contribution is 7.13. The molecule has 1 atom stereocenters. The van der Waals surface area contributed by atoms with E-state index < -0.39 is 0 Å². The average Bonchev–Trinajstić information content (AvgIpc) is 3.33. The van der Waals surface area contributed by atoms with Crippen molar-refractivity contribution in [2.45, 2.75) is 38.6 Å². The maximum atomic E-state index is 11.2. The number of thiazole rings is 1. The van der Waals surface area contributed by atoms with E-state index in [1.807, 2.05) is 40.3 Å². The van der Waals surface area contributed by atoms with E-state index in [-0.39, 0.29) is 11.4 Å². The molecule has 6 nitrogen and oxygen atoms in total. The molecule has 1 N–H and O–H groups in total. The van der Waals surface area contributed by atoms with Gasteiger partial charge in [0.25, 0.3) is 0 Å². The molecule has 5 rings (SSSR count). The largest absolute Gasteiger partial charge is 0.497 e. The van der Waals surface area contributed by atoms with E-state index in [0.717, 1.165) is 39.9 Å². The maximum absolute atomic E-state index is 11.2. The number of rotatable bonds is 4. The van der Waals surface area contributed by atoms with Crippen LogP contribution in [0.2, 0.25) is 5.02 Å². The molecule has 0 aliphatic carbocycles. The summed E-state index contributed by atoms with van der Waals surface area (Å²) in [6, 6.07) is 11.5. The van der Waals surface area contributed by atoms with E-state index in [1.54, 1.807) is 7.11 Å². The second-order valence-corrected chi connectivity index (χ2v) is 10.0. The van der Waals surface area contributed by atoms with Crippen LogP contribution in [0.3, 0.4) is 0 Å². The van der Waals surface area contributed by atoms with Gasteiger partial charge in [0.2, 0.25) is 11.0 Å². The van der Waals surface area contributed by atoms with Crippen molar-refractivity contribution in [1.29, 1.82) is 0 Å². The fourth-order valence-corrected chi connectivity index (χ4v) is 5.54. The number of halogens is 1. The Morgan fingerprint density at radius 2 is 2.06 bits per heavy atom. The Balaban J connectivity index is 1.62. The molecule has 0 amide bonds. The van der Waals surface area contributed by atoms with Crippen molar-refractivity contribution in [3.63, 3.8) is 0 Å². The molecule has 164 valence electrons. The van der Waals surface area contributed by atoms with Crippen LogP contribution in [-0.4, -0.2) is 21.8 Å². The highest BCUT2D eigenvalue weighted by Crippen LogP contribution is 2.52. The van der Waals surface area contributed by atoms with E-state index in [0.29, 0.717) is 21.8 Å². The van der Waals surface area contributed by atoms with Crippen LogP contribution in [0.5, 0.6) is 11.6 Å². The van der Waals surface area contributed by atoms with Crippen molar-refractivity contribution < 1.29 is 9.84 Å². The molecule has 0 radical (unpaired) electrons. The third-order valence-corrected chi connectivity index (χ3v) is 7.00. The van der Waals surface area contributed by atoms with Gasteiger partial charge in [0.05, 0.1) is 18.3 Å². The summed E-state index contributed by atoms with van der Waals surface area (Å²) >= 11 is 7.49. The van der Waals surface area contributed by atoms with Gasteiger partial charge in [-0.2, -0.15) is 0 Å². The maximum Gasteiger partial charge on any atom is 0.230 e. The minimum atomic E-state index is -0.252. The molecule has 1 aliphatic rings. The molecular formula is C24H23ClN4O2S. The van der Waals surface area contributed by atoms with E-state index in [2.05, 4.69) is 42.1 Å². The van der Waals surface area contributed by atoms with Gasteiger partial charge in [0.15, 0.2) is 5.69 Å². The van der Waals surface area contributed by atoms with Crippen molar-refractivity contribution in [3.8, 4) is 22.9 Å². The third-order valence-electron chi connectivity index (χ3n) is 6.04. The molecule has 8 heteroatoms. The van der Waals surface area contributed by atoms with Crippen LogP contribution in [0.4, 0.5) is 10.8 Å². The summed E-state index contributed by atoms with van der Waals surface area (Å²) in [6.45, 7) is 6.47. The van der Waals surface area contributed by atoms with Crippen LogP contribution in [0.15, 0.2) is 52.0 Å². The van der Waals surface area contributed by atoms with Gasteiger partial charge in [0.1, 0.15) is 5.75 Å². The molecule has 2 aromatic heterocycles. The zero-order valence-electron chi connectivity index (χ0n) is 18.3. The molecule has 1 aliphatic heterocycles. The molecule has 0 saturated heterocycles. The summed E-state index contributed by atoms with van der Waals surface area (Å²) in [5, 5.41) is 23.9. The quantitative estimate of drug-likeness (QED) is 0.312. The van der Waals surface area contributed by atoms with Crippen LogP contribution in [0.25, 0.3) is 22.2 Å². The Hall–Kier alpha value is -2.90. The molecule has 0 spiro atoms. The van der Waals surface area contributed by atoms with Crippen molar-refractivity contribution >= 4 is 44.7 Å². The van der Waals surface area contributed by atoms with E-state index >= 15 is 0 Å². The van der Waals surface area contributed by atoms with Gasteiger partial charge in [-0.1, -0.05) is 30.7 Å². The minimum Gasteiger partial charge on any atom is -0.497 e. The Morgan fingerprint density at radius 1 is 1.25 bits per heavy atom. The predicted molar refractivity (Wildman–Crippen MR) is 129 cm³/mol. The first-order chi connectivity index (χ1) is 15.3. The summed E-state index contributed by atoms with van der Waals surface area (Å²) in [5.41, 5.74) is 4.02. The fraction of sp³-hybridized carbons (Fsp3) is 0.292. The smallest absolute Gasteiger partial charge is 0.230 e. The van der Waals surface area contributed by atoms with Gasteiger partial charge < -0.3 is 14.4 Å². The Bertz CT molecular complexity index is 1370. The fourth-order valence-electron chi connectivity index (χ4n) is 4.71. The lowest BCUT2D eigenvalue weighted by Gasteiger charge is -2.36. The summed E-state index contributed by atoms with van der Waals surface area (Å²) in [7, 11) is 1.65. The van der Waals surface area contributed by atoms with Gasteiger partial charge in [0, 0.05) is 26.9 Å². The first-order valence-electron chi connectivity index (χ1n) is 10.4. The van der Waals surface area contributed by atoms with E-state index in [9.17, 15) is 5.11 Å². The molecule has 2 aromatic carbocycles. The van der Waals surface area contributed by atoms with Crippen LogP contribution in [-0.2, 0) is 5.54 Å². The van der Waals surface area contributed by atoms with Gasteiger partial charge in [-0.05, 0) is 56.0 Å². The lowest BCUT2D eigenvalue weighted by atomic mass is 9.82. The molecule has 0 fully saturated rings. The number of benzene rings is 2. The topological polar surface area (TPSA) is 72.0 Å². The molecule has 0 bridgehead atoms. The number of methoxy groups -OCH3 is 1. The number of azo groups is 1. The summed E-state index contributed by atoms with van der Waals surface area (Å²) in [4.78, 5) is 4.56. The zero-order chi connectivity index (χ0) is 22.6. The third kappa shape index (κ3) is 3.36. The normalized spacial score (nSPS) is 17.3. The van der Waals surface area contributed by atoms with Crippen LogP contribution in [0, 0.1) is 0 Å². The predicted octanol–water partition coefficient (Wildman–Crippen LogP) is 7.79. The van der Waals surface area contributed by atoms with E-state index in [1.165, 1.54) is 11.3 Å². The van der Waals surface area contributed by atoms with Crippen LogP contribution >= 0.6 is 22.9 Å². The number of aromatic hydroxyl groups is 1. The van der Waals surface area contributed by atoms with Crippen molar-refractivity contribution in [2.24, 2.45) is 10.2 Å². The van der Waals surface area contributed by atoms with Gasteiger partial charge in [-0.15, -0.1) is 21.6 Å². The molecule has 3 heterocycles. The number of nitrogens with zero attached hydrogens (tertiary/aromatic N) is 4. The number of hydrogen-bond acceptors (Lipinski definition) is 6. The van der Waals surface area contributed by atoms with Gasteiger partial charge in [-0.3, -0.25) is 0 Å². The summed E-state index contributed by atoms with van der Waals surface area (Å²) < 4.78 is 7.51. The number of ether oxygens (including phenoxy) is 1. The highest BCUT2D eigenvalue weighted by Gasteiger charge is 2.37. The van der Waals surface area contributed by atoms with E-state index in [4.69, 9.17) is 16.3 Å². The second-order valence-electron chi connectivity index (χ2n) is 8.76. The standard InChI is InChI=1S/C24H23ClN4O2S/c1-13-11-24(2,3)29-21-17(13)9-16(31-4)10-18(21)20(22(29)30)27-28-23-26-19(12-32-23)14-6-5-7-15(25)8-14/h5-10,12-13,30H,11H2,1-4H3. The van der Waals surface area contributed by atoms with Crippen molar-refractivity contribution in [1.82, 2.24) is 9.55 Å². The van der Waals surface area contributed by atoms with Crippen molar-refractivity contribution in [2.75, 3.05) is 7.11 Å². The number of aromatic nitrogens is 2. The monoisotopic (exact) mass is 466 g/mol. The van der Waals surface area contributed by atoms with Crippen LogP contribution < -0.4 is 4.74 Å². The highest BCUT2D eigenvalue weighted by atomic mass is 35.5. The van der Waals surface area contributed by atoms with Crippen LogP contribution in [0.1, 0.15) is 38.7 Å². The average molecular weight is 467 g/mol. The molecule has 1 unspecified atom stereocenters. The molecule has 0 saturated carbocycles. The molecular weight excluding hydrogens is 444 g/mol. The Labute approximate surface area is 195 Å². The minimum absolute atomic E-state index is 0.113. The molecule has 32 heavy (non-hydrogen) atoms. The lowest BCUT2D eigenvalue weighted by molar-refractivity contribution is 0.267. The van der Waals surface area contributed by atoms with Gasteiger partial charge in [-0.25, -0.2) is 4.98 Å². The summed E-state index contributed by atoms with van der Waals surface area (Å²) in [6.07, 6.45) is 0.899. The Morgan fingerprint density at radius 3 is 2.81 bits per heavy atom.